The van der Waals surface area contributed by atoms with Crippen LogP contribution in [0.5, 0.6) is 11.5 Å². The van der Waals surface area contributed by atoms with Gasteiger partial charge in [-0.25, -0.2) is 9.37 Å². The molecule has 1 aliphatic carbocycles. The van der Waals surface area contributed by atoms with Crippen LogP contribution in [0.25, 0.3) is 0 Å². The Morgan fingerprint density at radius 3 is 2.41 bits per heavy atom. The summed E-state index contributed by atoms with van der Waals surface area (Å²) in [6, 6.07) is 8.53. The van der Waals surface area contributed by atoms with Crippen molar-refractivity contribution in [2.24, 2.45) is 11.8 Å². The average molecular weight is 374 g/mol. The van der Waals surface area contributed by atoms with Crippen LogP contribution in [0.3, 0.4) is 0 Å². The van der Waals surface area contributed by atoms with E-state index in [1.807, 2.05) is 0 Å². The van der Waals surface area contributed by atoms with Crippen molar-refractivity contribution < 1.29 is 23.4 Å². The number of pyridine rings is 1. The first-order valence-corrected chi connectivity index (χ1v) is 9.01. The zero-order valence-electron chi connectivity index (χ0n) is 14.6. The van der Waals surface area contributed by atoms with Gasteiger partial charge in [-0.15, -0.1) is 0 Å². The summed E-state index contributed by atoms with van der Waals surface area (Å²) in [6.45, 7) is 1.77. The van der Waals surface area contributed by atoms with E-state index >= 15 is 0 Å². The molecule has 2 heterocycles. The van der Waals surface area contributed by atoms with Crippen LogP contribution in [0.2, 0.25) is 0 Å². The third kappa shape index (κ3) is 3.93. The van der Waals surface area contributed by atoms with Gasteiger partial charge >= 0.3 is 0 Å². The number of hydrogen-bond acceptors (Lipinski definition) is 5. The normalized spacial score (nSPS) is 24.7. The Bertz CT molecular complexity index is 830. The monoisotopic (exact) mass is 374 g/mol. The lowest BCUT2D eigenvalue weighted by molar-refractivity contribution is 0.0930. The lowest BCUT2D eigenvalue weighted by Gasteiger charge is -2.19. The Morgan fingerprint density at radius 1 is 1.11 bits per heavy atom. The number of fused-ring (bicyclic) bond motifs is 1. The van der Waals surface area contributed by atoms with E-state index in [0.717, 1.165) is 32.0 Å². The number of aromatic hydroxyl groups is 1. The number of likely N-dealkylation sites (tertiary alicyclic amines) is 1. The Labute approximate surface area is 155 Å². The molecular formula is C20H20F2N2O3. The van der Waals surface area contributed by atoms with Crippen molar-refractivity contribution in [1.29, 1.82) is 0 Å². The summed E-state index contributed by atoms with van der Waals surface area (Å²) >= 11 is 0. The third-order valence-electron chi connectivity index (χ3n) is 5.38. The smallest absolute Gasteiger partial charge is 0.255 e. The van der Waals surface area contributed by atoms with Gasteiger partial charge in [0.2, 0.25) is 0 Å². The van der Waals surface area contributed by atoms with Gasteiger partial charge < -0.3 is 9.84 Å². The molecule has 142 valence electrons. The number of halogens is 2. The second-order valence-corrected chi connectivity index (χ2v) is 7.31. The molecule has 1 N–H and O–H groups in total. The molecule has 1 unspecified atom stereocenters. The maximum atomic E-state index is 13.3. The summed E-state index contributed by atoms with van der Waals surface area (Å²) in [5, 5.41) is 9.17. The Hall–Kier alpha value is -2.54. The van der Waals surface area contributed by atoms with Crippen LogP contribution < -0.4 is 4.74 Å². The molecule has 2 aliphatic rings. The molecule has 0 radical (unpaired) electrons. The second-order valence-electron chi connectivity index (χ2n) is 7.31. The van der Waals surface area contributed by atoms with E-state index in [2.05, 4.69) is 9.88 Å². The summed E-state index contributed by atoms with van der Waals surface area (Å²) in [4.78, 5) is 17.9. The lowest BCUT2D eigenvalue weighted by atomic mass is 10.0. The highest BCUT2D eigenvalue weighted by Crippen LogP contribution is 2.39. The molecule has 0 spiro atoms. The van der Waals surface area contributed by atoms with E-state index in [1.165, 1.54) is 18.2 Å². The fourth-order valence-electron chi connectivity index (χ4n) is 4.14. The van der Waals surface area contributed by atoms with Gasteiger partial charge in [-0.05, 0) is 61.1 Å². The molecule has 1 aliphatic heterocycles. The van der Waals surface area contributed by atoms with Gasteiger partial charge in [-0.1, -0.05) is 0 Å². The SMILES string of the molecule is O=C(CN1C[C@H]2CC(Oc3ccc(F)cc3)C[C@H]2C1)c1ccc(O)c(F)n1. The predicted molar refractivity (Wildman–Crippen MR) is 93.7 cm³/mol. The van der Waals surface area contributed by atoms with Crippen LogP contribution in [-0.2, 0) is 0 Å². The van der Waals surface area contributed by atoms with Crippen LogP contribution in [0.4, 0.5) is 8.78 Å². The number of hydrogen-bond donors (Lipinski definition) is 1. The zero-order valence-corrected chi connectivity index (χ0v) is 14.6. The van der Waals surface area contributed by atoms with Crippen LogP contribution in [-0.4, -0.2) is 46.5 Å². The van der Waals surface area contributed by atoms with Crippen molar-refractivity contribution in [3.63, 3.8) is 0 Å². The number of ketones is 1. The maximum absolute atomic E-state index is 13.3. The molecule has 1 aromatic carbocycles. The van der Waals surface area contributed by atoms with Crippen LogP contribution in [0, 0.1) is 23.6 Å². The average Bonchev–Trinajstić information content (AvgIpc) is 3.17. The number of aromatic nitrogens is 1. The number of carbonyl (C=O) groups excluding carboxylic acids is 1. The minimum Gasteiger partial charge on any atom is -0.504 e. The van der Waals surface area contributed by atoms with Gasteiger partial charge in [0.1, 0.15) is 17.3 Å². The summed E-state index contributed by atoms with van der Waals surface area (Å²) in [7, 11) is 0. The molecule has 2 aromatic rings. The Kier molecular flexibility index (Phi) is 4.78. The van der Waals surface area contributed by atoms with Crippen LogP contribution in [0.15, 0.2) is 36.4 Å². The molecule has 3 atom stereocenters. The van der Waals surface area contributed by atoms with E-state index < -0.39 is 11.7 Å². The molecule has 2 fully saturated rings. The van der Waals surface area contributed by atoms with Crippen molar-refractivity contribution in [1.82, 2.24) is 9.88 Å². The number of carbonyl (C=O) groups is 1. The highest BCUT2D eigenvalue weighted by Gasteiger charge is 2.42. The number of rotatable bonds is 5. The van der Waals surface area contributed by atoms with Crippen LogP contribution in [0.1, 0.15) is 23.3 Å². The van der Waals surface area contributed by atoms with Crippen molar-refractivity contribution in [3.8, 4) is 11.5 Å². The number of ether oxygens (including phenoxy) is 1. The summed E-state index contributed by atoms with van der Waals surface area (Å²) in [5.41, 5.74) is 0.0277. The van der Waals surface area contributed by atoms with Gasteiger partial charge in [-0.2, -0.15) is 4.39 Å². The molecule has 7 heteroatoms. The topological polar surface area (TPSA) is 62.7 Å². The number of Topliss-reactive ketones (excluding diaryl/α,β-unsaturated/α-hetero) is 1. The van der Waals surface area contributed by atoms with Crippen LogP contribution >= 0.6 is 0 Å². The summed E-state index contributed by atoms with van der Waals surface area (Å²) in [6.07, 6.45) is 1.91. The molecule has 1 aromatic heterocycles. The first kappa shape index (κ1) is 17.9. The fraction of sp³-hybridized carbons (Fsp3) is 0.400. The molecule has 1 saturated carbocycles. The molecule has 0 bridgehead atoms. The summed E-state index contributed by atoms with van der Waals surface area (Å²) in [5.74, 6) is -0.550. The first-order chi connectivity index (χ1) is 13.0. The highest BCUT2D eigenvalue weighted by atomic mass is 19.1. The predicted octanol–water partition coefficient (Wildman–Crippen LogP) is 3.04. The van der Waals surface area contributed by atoms with Crippen molar-refractivity contribution in [2.45, 2.75) is 18.9 Å². The summed E-state index contributed by atoms with van der Waals surface area (Å²) < 4.78 is 32.2. The maximum Gasteiger partial charge on any atom is 0.255 e. The minimum absolute atomic E-state index is 0.0277. The molecular weight excluding hydrogens is 354 g/mol. The molecule has 27 heavy (non-hydrogen) atoms. The fourth-order valence-corrected chi connectivity index (χ4v) is 4.14. The number of benzene rings is 1. The lowest BCUT2D eigenvalue weighted by Crippen LogP contribution is -2.30. The number of nitrogens with zero attached hydrogens (tertiary/aromatic N) is 2. The van der Waals surface area contributed by atoms with Crippen molar-refractivity contribution in [2.75, 3.05) is 19.6 Å². The zero-order chi connectivity index (χ0) is 19.0. The first-order valence-electron chi connectivity index (χ1n) is 9.01. The van der Waals surface area contributed by atoms with E-state index in [9.17, 15) is 18.7 Å². The second kappa shape index (κ2) is 7.23. The quantitative estimate of drug-likeness (QED) is 0.644. The van der Waals surface area contributed by atoms with Crippen molar-refractivity contribution >= 4 is 5.78 Å². The van der Waals surface area contributed by atoms with Gasteiger partial charge in [0.05, 0.1) is 12.6 Å². The largest absolute Gasteiger partial charge is 0.504 e. The van der Waals surface area contributed by atoms with E-state index in [-0.39, 0.29) is 29.9 Å². The highest BCUT2D eigenvalue weighted by molar-refractivity contribution is 5.95. The Balaban J connectivity index is 1.30. The van der Waals surface area contributed by atoms with E-state index in [0.29, 0.717) is 17.6 Å². The Morgan fingerprint density at radius 2 is 1.78 bits per heavy atom. The van der Waals surface area contributed by atoms with Gasteiger partial charge in [-0.3, -0.25) is 9.69 Å². The third-order valence-corrected chi connectivity index (χ3v) is 5.38. The van der Waals surface area contributed by atoms with Gasteiger partial charge in [0, 0.05) is 13.1 Å². The molecule has 4 rings (SSSR count). The van der Waals surface area contributed by atoms with Gasteiger partial charge in [0.15, 0.2) is 11.5 Å². The minimum atomic E-state index is -1.03. The van der Waals surface area contributed by atoms with E-state index in [4.69, 9.17) is 4.74 Å². The van der Waals surface area contributed by atoms with E-state index in [1.54, 1.807) is 12.1 Å². The molecule has 5 nitrogen and oxygen atoms in total. The van der Waals surface area contributed by atoms with Crippen molar-refractivity contribution in [3.05, 3.63) is 53.9 Å². The molecule has 0 amide bonds. The molecule has 1 saturated heterocycles. The van der Waals surface area contributed by atoms with Gasteiger partial charge in [0.25, 0.3) is 5.95 Å². The standard InChI is InChI=1S/C20H20F2N2O3/c21-14-1-3-15(4-2-14)27-16-7-12-9-24(10-13(12)8-16)11-19(26)17-5-6-18(25)20(22)23-17/h1-6,12-13,16,25H,7-11H2/t12-,13+,16?.